The van der Waals surface area contributed by atoms with Gasteiger partial charge in [-0.15, -0.1) is 0 Å². The topological polar surface area (TPSA) is 38.4 Å². The second kappa shape index (κ2) is 8.17. The first-order chi connectivity index (χ1) is 5.26. The maximum Gasteiger partial charge on any atom is 0.179 e. The van der Waals surface area contributed by atoms with Crippen LogP contribution in [0.1, 0.15) is 20.3 Å². The van der Waals surface area contributed by atoms with Crippen LogP contribution in [-0.2, 0) is 0 Å². The molecule has 0 aromatic carbocycles. The van der Waals surface area contributed by atoms with Crippen molar-refractivity contribution in [1.82, 2.24) is 0 Å². The number of hydrogen-bond donors (Lipinski definition) is 1. The second-order valence-corrected chi connectivity index (χ2v) is 2.41. The Balaban J connectivity index is 0. The highest BCUT2D eigenvalue weighted by atomic mass is 19.1. The SMILES string of the molecule is CCC(C)C(=C/N)/C=N/CF.F. The Bertz CT molecular complexity index is 155. The maximum atomic E-state index is 11.6. The highest BCUT2D eigenvalue weighted by Crippen LogP contribution is 2.10. The van der Waals surface area contributed by atoms with E-state index in [0.717, 1.165) is 12.0 Å². The fourth-order valence-electron chi connectivity index (χ4n) is 0.710. The number of rotatable bonds is 4. The molecule has 0 amide bonds. The van der Waals surface area contributed by atoms with E-state index in [4.69, 9.17) is 5.73 Å². The van der Waals surface area contributed by atoms with Crippen LogP contribution in [0.25, 0.3) is 0 Å². The first kappa shape index (κ1) is 13.6. The van der Waals surface area contributed by atoms with Crippen LogP contribution in [0.15, 0.2) is 16.8 Å². The summed E-state index contributed by atoms with van der Waals surface area (Å²) < 4.78 is 11.6. The first-order valence-corrected chi connectivity index (χ1v) is 3.73. The van der Waals surface area contributed by atoms with Gasteiger partial charge in [-0.25, -0.2) is 4.39 Å². The van der Waals surface area contributed by atoms with E-state index in [0.29, 0.717) is 5.92 Å². The maximum absolute atomic E-state index is 11.6. The second-order valence-electron chi connectivity index (χ2n) is 2.41. The Morgan fingerprint density at radius 2 is 2.25 bits per heavy atom. The van der Waals surface area contributed by atoms with Crippen LogP contribution in [0.4, 0.5) is 9.09 Å². The van der Waals surface area contributed by atoms with Crippen LogP contribution in [0, 0.1) is 5.92 Å². The zero-order valence-electron chi connectivity index (χ0n) is 7.46. The molecular weight excluding hydrogens is 162 g/mol. The summed E-state index contributed by atoms with van der Waals surface area (Å²) in [7, 11) is 0. The summed E-state index contributed by atoms with van der Waals surface area (Å²) in [5.74, 6) is 0.357. The van der Waals surface area contributed by atoms with Gasteiger partial charge in [-0.05, 0) is 24.1 Å². The minimum atomic E-state index is -0.673. The number of allylic oxidation sites excluding steroid dienone is 1. The molecule has 0 saturated heterocycles. The van der Waals surface area contributed by atoms with Gasteiger partial charge >= 0.3 is 0 Å². The van der Waals surface area contributed by atoms with Gasteiger partial charge in [-0.1, -0.05) is 13.8 Å². The lowest BCUT2D eigenvalue weighted by Gasteiger charge is -2.07. The van der Waals surface area contributed by atoms with Crippen LogP contribution in [0.5, 0.6) is 0 Å². The Morgan fingerprint density at radius 3 is 2.58 bits per heavy atom. The van der Waals surface area contributed by atoms with Crippen LogP contribution in [0.2, 0.25) is 0 Å². The molecular formula is C8H16F2N2. The molecule has 0 bridgehead atoms. The van der Waals surface area contributed by atoms with Crippen molar-refractivity contribution in [3.63, 3.8) is 0 Å². The van der Waals surface area contributed by atoms with Gasteiger partial charge < -0.3 is 5.73 Å². The van der Waals surface area contributed by atoms with E-state index >= 15 is 0 Å². The van der Waals surface area contributed by atoms with Crippen molar-refractivity contribution in [2.45, 2.75) is 20.3 Å². The summed E-state index contributed by atoms with van der Waals surface area (Å²) in [6.07, 6.45) is 3.96. The first-order valence-electron chi connectivity index (χ1n) is 3.73. The van der Waals surface area contributed by atoms with Crippen LogP contribution >= 0.6 is 0 Å². The fraction of sp³-hybridized carbons (Fsp3) is 0.625. The van der Waals surface area contributed by atoms with E-state index in [9.17, 15) is 4.39 Å². The molecule has 0 radical (unpaired) electrons. The Hall–Kier alpha value is -0.930. The molecule has 0 spiro atoms. The normalized spacial score (nSPS) is 14.4. The third kappa shape index (κ3) is 4.82. The zero-order chi connectivity index (χ0) is 8.69. The summed E-state index contributed by atoms with van der Waals surface area (Å²) in [4.78, 5) is 3.47. The Kier molecular flexibility index (Phi) is 9.29. The van der Waals surface area contributed by atoms with Gasteiger partial charge in [-0.3, -0.25) is 9.70 Å². The summed E-state index contributed by atoms with van der Waals surface area (Å²) in [5, 5.41) is 0. The van der Waals surface area contributed by atoms with Gasteiger partial charge in [0, 0.05) is 6.21 Å². The van der Waals surface area contributed by atoms with Crippen molar-refractivity contribution in [3.05, 3.63) is 11.8 Å². The van der Waals surface area contributed by atoms with Crippen molar-refractivity contribution in [1.29, 1.82) is 0 Å². The fourth-order valence-corrected chi connectivity index (χ4v) is 0.710. The number of hydrogen-bond acceptors (Lipinski definition) is 2. The Morgan fingerprint density at radius 1 is 1.67 bits per heavy atom. The summed E-state index contributed by atoms with van der Waals surface area (Å²) in [6.45, 7) is 3.41. The molecule has 4 heteroatoms. The van der Waals surface area contributed by atoms with Gasteiger partial charge in [0.05, 0.1) is 0 Å². The lowest BCUT2D eigenvalue weighted by molar-refractivity contribution is 0.513. The highest BCUT2D eigenvalue weighted by Gasteiger charge is 2.01. The number of nitrogens with zero attached hydrogens (tertiary/aromatic N) is 1. The van der Waals surface area contributed by atoms with E-state index in [2.05, 4.69) is 11.9 Å². The van der Waals surface area contributed by atoms with Crippen molar-refractivity contribution in [2.75, 3.05) is 6.80 Å². The summed E-state index contributed by atoms with van der Waals surface area (Å²) in [6, 6.07) is 0. The molecule has 0 aliphatic rings. The standard InChI is InChI=1S/C8H15FN2.FH/c1-3-7(2)8(4-10)5-11-6-9;/h4-5,7H,3,6,10H2,1-2H3;1H/b8-4+,11-5+;. The third-order valence-electron chi connectivity index (χ3n) is 1.68. The molecule has 72 valence electrons. The summed E-state index contributed by atoms with van der Waals surface area (Å²) >= 11 is 0. The van der Waals surface area contributed by atoms with E-state index in [-0.39, 0.29) is 4.70 Å². The molecule has 2 nitrogen and oxygen atoms in total. The van der Waals surface area contributed by atoms with Gasteiger partial charge in [0.2, 0.25) is 0 Å². The molecule has 0 aliphatic carbocycles. The minimum absolute atomic E-state index is 0. The van der Waals surface area contributed by atoms with E-state index < -0.39 is 6.80 Å². The van der Waals surface area contributed by atoms with E-state index in [1.807, 2.05) is 6.92 Å². The predicted molar refractivity (Wildman–Crippen MR) is 48.7 cm³/mol. The molecule has 1 unspecified atom stereocenters. The molecule has 0 rings (SSSR count). The molecule has 0 saturated carbocycles. The molecule has 0 aromatic rings. The van der Waals surface area contributed by atoms with Gasteiger partial charge in [0.15, 0.2) is 6.80 Å². The largest absolute Gasteiger partial charge is 0.404 e. The van der Waals surface area contributed by atoms with E-state index in [1.54, 1.807) is 0 Å². The highest BCUT2D eigenvalue weighted by molar-refractivity contribution is 5.78. The molecule has 1 atom stereocenters. The number of halogens is 2. The molecule has 2 N–H and O–H groups in total. The number of aliphatic imine (C=N–C) groups is 1. The van der Waals surface area contributed by atoms with Crippen molar-refractivity contribution >= 4 is 6.21 Å². The molecule has 0 aromatic heterocycles. The van der Waals surface area contributed by atoms with Crippen molar-refractivity contribution in [2.24, 2.45) is 16.6 Å². The molecule has 12 heavy (non-hydrogen) atoms. The van der Waals surface area contributed by atoms with Crippen molar-refractivity contribution in [3.8, 4) is 0 Å². The smallest absolute Gasteiger partial charge is 0.179 e. The molecule has 0 aliphatic heterocycles. The van der Waals surface area contributed by atoms with Gasteiger partial charge in [-0.2, -0.15) is 0 Å². The lowest BCUT2D eigenvalue weighted by atomic mass is 10.0. The van der Waals surface area contributed by atoms with E-state index in [1.165, 1.54) is 12.4 Å². The average molecular weight is 178 g/mol. The lowest BCUT2D eigenvalue weighted by Crippen LogP contribution is -2.02. The number of nitrogens with two attached hydrogens (primary N) is 1. The summed E-state index contributed by atoms with van der Waals surface area (Å²) in [5.41, 5.74) is 6.21. The monoisotopic (exact) mass is 178 g/mol. The van der Waals surface area contributed by atoms with Crippen LogP contribution < -0.4 is 5.73 Å². The van der Waals surface area contributed by atoms with Crippen LogP contribution in [0.3, 0.4) is 0 Å². The third-order valence-corrected chi connectivity index (χ3v) is 1.68. The minimum Gasteiger partial charge on any atom is -0.404 e. The van der Waals surface area contributed by atoms with Crippen molar-refractivity contribution < 1.29 is 9.09 Å². The van der Waals surface area contributed by atoms with Crippen LogP contribution in [-0.4, -0.2) is 13.0 Å². The molecule has 0 fully saturated rings. The number of alkyl halides is 1. The quantitative estimate of drug-likeness (QED) is 0.519. The van der Waals surface area contributed by atoms with Gasteiger partial charge in [0.25, 0.3) is 0 Å². The average Bonchev–Trinajstić information content (AvgIpc) is 2.05. The van der Waals surface area contributed by atoms with Gasteiger partial charge in [0.1, 0.15) is 0 Å². The Labute approximate surface area is 71.7 Å². The predicted octanol–water partition coefficient (Wildman–Crippen LogP) is 2.03. The zero-order valence-corrected chi connectivity index (χ0v) is 7.46. The molecule has 0 heterocycles.